The molecule has 0 aliphatic carbocycles. The third-order valence-electron chi connectivity index (χ3n) is 4.15. The van der Waals surface area contributed by atoms with Crippen LogP contribution < -0.4 is 10.1 Å². The van der Waals surface area contributed by atoms with Crippen LogP contribution in [0.2, 0.25) is 0 Å². The van der Waals surface area contributed by atoms with Gasteiger partial charge in [0.2, 0.25) is 11.8 Å². The predicted molar refractivity (Wildman–Crippen MR) is 93.9 cm³/mol. The van der Waals surface area contributed by atoms with Crippen molar-refractivity contribution in [1.29, 1.82) is 5.26 Å². The Bertz CT molecular complexity index is 619. The van der Waals surface area contributed by atoms with Gasteiger partial charge in [-0.2, -0.15) is 5.26 Å². The molecule has 0 saturated carbocycles. The maximum Gasteiger partial charge on any atom is 0.224 e. The van der Waals surface area contributed by atoms with E-state index in [0.29, 0.717) is 37.3 Å². The van der Waals surface area contributed by atoms with Gasteiger partial charge in [-0.1, -0.05) is 6.07 Å². The summed E-state index contributed by atoms with van der Waals surface area (Å²) >= 11 is 0. The quantitative estimate of drug-likeness (QED) is 0.697. The average molecular weight is 343 g/mol. The number of carbonyl (C=O) groups excluding carboxylic acids is 2. The zero-order chi connectivity index (χ0) is 17.9. The zero-order valence-electron chi connectivity index (χ0n) is 14.5. The lowest BCUT2D eigenvalue weighted by Crippen LogP contribution is -2.32. The standard InChI is InChI=1S/C19H25N3O3/c20-15-16-6-5-7-17(14-16)25-13-4-1-8-18(23)21-10-9-19(24)22-11-2-3-12-22/h5-7,14H,1-4,8-13H2,(H,21,23). The van der Waals surface area contributed by atoms with Crippen molar-refractivity contribution in [2.75, 3.05) is 26.2 Å². The van der Waals surface area contributed by atoms with E-state index in [1.165, 1.54) is 0 Å². The monoisotopic (exact) mass is 343 g/mol. The second kappa shape index (κ2) is 10.3. The third kappa shape index (κ3) is 6.84. The van der Waals surface area contributed by atoms with Gasteiger partial charge in [0, 0.05) is 32.5 Å². The molecule has 0 bridgehead atoms. The van der Waals surface area contributed by atoms with Crippen LogP contribution >= 0.6 is 0 Å². The Morgan fingerprint density at radius 3 is 2.76 bits per heavy atom. The molecule has 1 saturated heterocycles. The van der Waals surface area contributed by atoms with E-state index in [0.717, 1.165) is 38.8 Å². The topological polar surface area (TPSA) is 82.4 Å². The molecule has 0 aromatic heterocycles. The lowest BCUT2D eigenvalue weighted by atomic mass is 10.2. The van der Waals surface area contributed by atoms with Gasteiger partial charge < -0.3 is 15.0 Å². The minimum Gasteiger partial charge on any atom is -0.494 e. The summed E-state index contributed by atoms with van der Waals surface area (Å²) < 4.78 is 5.57. The molecule has 0 unspecified atom stereocenters. The SMILES string of the molecule is N#Cc1cccc(OCCCCC(=O)NCCC(=O)N2CCCC2)c1. The Morgan fingerprint density at radius 2 is 2.00 bits per heavy atom. The minimum atomic E-state index is -0.0271. The predicted octanol–water partition coefficient (Wildman–Crippen LogP) is 2.24. The maximum atomic E-state index is 11.8. The van der Waals surface area contributed by atoms with Crippen molar-refractivity contribution in [1.82, 2.24) is 10.2 Å². The van der Waals surface area contributed by atoms with Crippen LogP contribution in [0.4, 0.5) is 0 Å². The summed E-state index contributed by atoms with van der Waals surface area (Å²) in [6.07, 6.45) is 4.46. The van der Waals surface area contributed by atoms with E-state index >= 15 is 0 Å². The van der Waals surface area contributed by atoms with E-state index < -0.39 is 0 Å². The number of nitriles is 1. The van der Waals surface area contributed by atoms with Crippen molar-refractivity contribution in [3.05, 3.63) is 29.8 Å². The molecule has 0 radical (unpaired) electrons. The molecule has 1 heterocycles. The molecule has 25 heavy (non-hydrogen) atoms. The second-order valence-electron chi connectivity index (χ2n) is 6.13. The third-order valence-corrected chi connectivity index (χ3v) is 4.15. The fourth-order valence-electron chi connectivity index (χ4n) is 2.75. The molecule has 1 aromatic carbocycles. The van der Waals surface area contributed by atoms with E-state index in [1.807, 2.05) is 11.0 Å². The number of likely N-dealkylation sites (tertiary alicyclic amines) is 1. The van der Waals surface area contributed by atoms with Crippen LogP contribution in [0.1, 0.15) is 44.1 Å². The summed E-state index contributed by atoms with van der Waals surface area (Å²) in [5.41, 5.74) is 0.570. The lowest BCUT2D eigenvalue weighted by molar-refractivity contribution is -0.130. The molecule has 6 nitrogen and oxygen atoms in total. The van der Waals surface area contributed by atoms with Crippen LogP contribution in [-0.4, -0.2) is 43.0 Å². The molecule has 1 aliphatic rings. The summed E-state index contributed by atoms with van der Waals surface area (Å²) in [7, 11) is 0. The molecule has 0 spiro atoms. The number of hydrogen-bond donors (Lipinski definition) is 1. The zero-order valence-corrected chi connectivity index (χ0v) is 14.5. The molecule has 1 aromatic rings. The Hall–Kier alpha value is -2.55. The first kappa shape index (κ1) is 18.8. The molecule has 1 fully saturated rings. The van der Waals surface area contributed by atoms with Crippen molar-refractivity contribution in [3.63, 3.8) is 0 Å². The van der Waals surface area contributed by atoms with Crippen LogP contribution in [0.3, 0.4) is 0 Å². The summed E-state index contributed by atoms with van der Waals surface area (Å²) in [6, 6.07) is 9.09. The first-order valence-corrected chi connectivity index (χ1v) is 8.86. The van der Waals surface area contributed by atoms with Gasteiger partial charge in [0.15, 0.2) is 0 Å². The molecule has 6 heteroatoms. The summed E-state index contributed by atoms with van der Waals surface area (Å²) in [4.78, 5) is 25.5. The number of hydrogen-bond acceptors (Lipinski definition) is 4. The number of amides is 2. The lowest BCUT2D eigenvalue weighted by Gasteiger charge is -2.15. The van der Waals surface area contributed by atoms with Crippen molar-refractivity contribution in [3.8, 4) is 11.8 Å². The number of nitrogens with zero attached hydrogens (tertiary/aromatic N) is 2. The Kier molecular flexibility index (Phi) is 7.77. The first-order chi connectivity index (χ1) is 12.2. The largest absolute Gasteiger partial charge is 0.494 e. The Morgan fingerprint density at radius 1 is 1.20 bits per heavy atom. The average Bonchev–Trinajstić information content (AvgIpc) is 3.16. The second-order valence-corrected chi connectivity index (χ2v) is 6.13. The highest BCUT2D eigenvalue weighted by atomic mass is 16.5. The molecule has 0 atom stereocenters. The minimum absolute atomic E-state index is 0.0271. The molecule has 1 aliphatic heterocycles. The number of rotatable bonds is 9. The highest BCUT2D eigenvalue weighted by Gasteiger charge is 2.17. The number of nitrogens with one attached hydrogen (secondary N) is 1. The fourth-order valence-corrected chi connectivity index (χ4v) is 2.75. The van der Waals surface area contributed by atoms with E-state index in [1.54, 1.807) is 18.2 Å². The van der Waals surface area contributed by atoms with Gasteiger partial charge in [-0.05, 0) is 43.9 Å². The van der Waals surface area contributed by atoms with Gasteiger partial charge in [-0.25, -0.2) is 0 Å². The van der Waals surface area contributed by atoms with Crippen LogP contribution in [-0.2, 0) is 9.59 Å². The van der Waals surface area contributed by atoms with Crippen LogP contribution in [0.15, 0.2) is 24.3 Å². The summed E-state index contributed by atoms with van der Waals surface area (Å²) in [5.74, 6) is 0.774. The van der Waals surface area contributed by atoms with E-state index in [9.17, 15) is 9.59 Å². The van der Waals surface area contributed by atoms with Crippen LogP contribution in [0.25, 0.3) is 0 Å². The van der Waals surface area contributed by atoms with E-state index in [4.69, 9.17) is 10.00 Å². The number of unbranched alkanes of at least 4 members (excludes halogenated alkanes) is 1. The normalized spacial score (nSPS) is 13.3. The van der Waals surface area contributed by atoms with Gasteiger partial charge in [0.25, 0.3) is 0 Å². The van der Waals surface area contributed by atoms with Crippen LogP contribution in [0, 0.1) is 11.3 Å². The molecule has 2 rings (SSSR count). The molecular formula is C19H25N3O3. The summed E-state index contributed by atoms with van der Waals surface area (Å²) in [6.45, 7) is 2.62. The smallest absolute Gasteiger partial charge is 0.224 e. The number of carbonyl (C=O) groups is 2. The van der Waals surface area contributed by atoms with Crippen molar-refractivity contribution >= 4 is 11.8 Å². The van der Waals surface area contributed by atoms with Gasteiger partial charge >= 0.3 is 0 Å². The number of ether oxygens (including phenoxy) is 1. The van der Waals surface area contributed by atoms with Crippen LogP contribution in [0.5, 0.6) is 5.75 Å². The van der Waals surface area contributed by atoms with E-state index in [2.05, 4.69) is 11.4 Å². The maximum absolute atomic E-state index is 11.8. The van der Waals surface area contributed by atoms with Gasteiger partial charge in [0.1, 0.15) is 5.75 Å². The summed E-state index contributed by atoms with van der Waals surface area (Å²) in [5, 5.41) is 11.6. The highest BCUT2D eigenvalue weighted by Crippen LogP contribution is 2.13. The van der Waals surface area contributed by atoms with E-state index in [-0.39, 0.29) is 11.8 Å². The first-order valence-electron chi connectivity index (χ1n) is 8.86. The molecule has 2 amide bonds. The fraction of sp³-hybridized carbons (Fsp3) is 0.526. The van der Waals surface area contributed by atoms with Crippen molar-refractivity contribution in [2.24, 2.45) is 0 Å². The molecule has 134 valence electrons. The van der Waals surface area contributed by atoms with Crippen molar-refractivity contribution < 1.29 is 14.3 Å². The van der Waals surface area contributed by atoms with Gasteiger partial charge in [-0.15, -0.1) is 0 Å². The van der Waals surface area contributed by atoms with Crippen molar-refractivity contribution in [2.45, 2.75) is 38.5 Å². The number of benzene rings is 1. The molecular weight excluding hydrogens is 318 g/mol. The van der Waals surface area contributed by atoms with Gasteiger partial charge in [-0.3, -0.25) is 9.59 Å². The highest BCUT2D eigenvalue weighted by molar-refractivity contribution is 5.79. The van der Waals surface area contributed by atoms with Gasteiger partial charge in [0.05, 0.1) is 18.2 Å². The Balaban J connectivity index is 1.50. The molecule has 1 N–H and O–H groups in total. The Labute approximate surface area is 148 Å².